The van der Waals surface area contributed by atoms with E-state index in [1.54, 1.807) is 29.2 Å². The molecule has 0 radical (unpaired) electrons. The van der Waals surface area contributed by atoms with Crippen LogP contribution in [0.3, 0.4) is 0 Å². The third-order valence-corrected chi connectivity index (χ3v) is 3.54. The number of halogens is 1. The fraction of sp³-hybridized carbons (Fsp3) is 0.429. The number of nitrogens with one attached hydrogen (secondary N) is 1. The molecular weight excluding hydrogens is 264 g/mol. The number of benzene rings is 1. The quantitative estimate of drug-likeness (QED) is 0.922. The first kappa shape index (κ1) is 13.9. The Labute approximate surface area is 117 Å². The highest BCUT2D eigenvalue weighted by atomic mass is 35.5. The molecule has 5 heteroatoms. The Morgan fingerprint density at radius 2 is 2.11 bits per heavy atom. The van der Waals surface area contributed by atoms with E-state index in [4.69, 9.17) is 11.6 Å². The number of carbonyl (C=O) groups excluding carboxylic acids is 2. The van der Waals surface area contributed by atoms with Gasteiger partial charge in [0.25, 0.3) is 0 Å². The lowest BCUT2D eigenvalue weighted by atomic mass is 10.1. The van der Waals surface area contributed by atoms with Crippen molar-refractivity contribution < 1.29 is 9.59 Å². The normalized spacial score (nSPS) is 16.5. The Bertz CT molecular complexity index is 473. The largest absolute Gasteiger partial charge is 0.331 e. The van der Waals surface area contributed by atoms with Gasteiger partial charge in [-0.1, -0.05) is 18.5 Å². The molecule has 0 bridgehead atoms. The Morgan fingerprint density at radius 1 is 1.42 bits per heavy atom. The summed E-state index contributed by atoms with van der Waals surface area (Å²) in [4.78, 5) is 25.6. The van der Waals surface area contributed by atoms with Crippen LogP contribution in [0.2, 0.25) is 5.02 Å². The highest BCUT2D eigenvalue weighted by Gasteiger charge is 2.31. The summed E-state index contributed by atoms with van der Waals surface area (Å²) in [7, 11) is 0. The van der Waals surface area contributed by atoms with Crippen LogP contribution < -0.4 is 5.32 Å². The second-order valence-corrected chi connectivity index (χ2v) is 5.05. The summed E-state index contributed by atoms with van der Waals surface area (Å²) in [6, 6.07) is 6.56. The Hall–Kier alpha value is -1.55. The summed E-state index contributed by atoms with van der Waals surface area (Å²) in [5.41, 5.74) is 0.694. The zero-order valence-electron chi connectivity index (χ0n) is 10.9. The average molecular weight is 281 g/mol. The van der Waals surface area contributed by atoms with Gasteiger partial charge in [-0.05, 0) is 37.1 Å². The van der Waals surface area contributed by atoms with Gasteiger partial charge in [-0.3, -0.25) is 9.59 Å². The lowest BCUT2D eigenvalue weighted by Gasteiger charge is -2.25. The van der Waals surface area contributed by atoms with E-state index in [1.165, 1.54) is 0 Å². The molecule has 1 saturated heterocycles. The topological polar surface area (TPSA) is 49.4 Å². The number of nitrogens with zero attached hydrogens (tertiary/aromatic N) is 1. The minimum Gasteiger partial charge on any atom is -0.331 e. The number of hydrogen-bond donors (Lipinski definition) is 1. The van der Waals surface area contributed by atoms with Crippen molar-refractivity contribution in [3.8, 4) is 0 Å². The molecule has 1 aliphatic rings. The van der Waals surface area contributed by atoms with Crippen molar-refractivity contribution in [2.45, 2.75) is 32.2 Å². The molecule has 0 saturated carbocycles. The number of anilines is 1. The monoisotopic (exact) mass is 280 g/mol. The first-order chi connectivity index (χ1) is 9.11. The van der Waals surface area contributed by atoms with Crippen LogP contribution in [0.4, 0.5) is 5.69 Å². The second-order valence-electron chi connectivity index (χ2n) is 4.61. The fourth-order valence-corrected chi connectivity index (χ4v) is 2.43. The van der Waals surface area contributed by atoms with Crippen LogP contribution in [0.1, 0.15) is 26.2 Å². The summed E-state index contributed by atoms with van der Waals surface area (Å²) >= 11 is 5.80. The maximum Gasteiger partial charge on any atom is 0.247 e. The first-order valence-corrected chi connectivity index (χ1v) is 6.85. The van der Waals surface area contributed by atoms with Gasteiger partial charge in [0, 0.05) is 23.7 Å². The lowest BCUT2D eigenvalue weighted by Crippen LogP contribution is -2.44. The third kappa shape index (κ3) is 3.26. The number of carbonyl (C=O) groups is 2. The molecule has 4 nitrogen and oxygen atoms in total. The maximum atomic E-state index is 12.2. The van der Waals surface area contributed by atoms with Gasteiger partial charge < -0.3 is 10.2 Å². The van der Waals surface area contributed by atoms with E-state index >= 15 is 0 Å². The summed E-state index contributed by atoms with van der Waals surface area (Å²) in [6.45, 7) is 2.59. The molecule has 0 aliphatic carbocycles. The minimum absolute atomic E-state index is 0.0677. The molecule has 1 fully saturated rings. The van der Waals surface area contributed by atoms with Gasteiger partial charge in [-0.2, -0.15) is 0 Å². The van der Waals surface area contributed by atoms with Crippen molar-refractivity contribution in [3.63, 3.8) is 0 Å². The van der Waals surface area contributed by atoms with Gasteiger partial charge in [0.1, 0.15) is 6.04 Å². The van der Waals surface area contributed by atoms with Crippen molar-refractivity contribution in [2.24, 2.45) is 0 Å². The molecule has 0 aromatic heterocycles. The Balaban J connectivity index is 2.04. The van der Waals surface area contributed by atoms with E-state index < -0.39 is 0 Å². The Kier molecular flexibility index (Phi) is 4.43. The van der Waals surface area contributed by atoms with E-state index in [2.05, 4.69) is 5.32 Å². The zero-order valence-corrected chi connectivity index (χ0v) is 11.6. The van der Waals surface area contributed by atoms with Crippen LogP contribution >= 0.6 is 11.6 Å². The molecule has 2 amide bonds. The second kappa shape index (κ2) is 6.06. The van der Waals surface area contributed by atoms with E-state index in [9.17, 15) is 9.59 Å². The van der Waals surface area contributed by atoms with Crippen LogP contribution in [0.25, 0.3) is 0 Å². The van der Waals surface area contributed by atoms with Crippen LogP contribution in [-0.4, -0.2) is 29.3 Å². The van der Waals surface area contributed by atoms with Gasteiger partial charge >= 0.3 is 0 Å². The van der Waals surface area contributed by atoms with Gasteiger partial charge in [-0.25, -0.2) is 0 Å². The molecular formula is C14H17ClN2O2. The maximum absolute atomic E-state index is 12.2. The molecule has 102 valence electrons. The summed E-state index contributed by atoms with van der Waals surface area (Å²) in [5, 5.41) is 3.45. The van der Waals surface area contributed by atoms with Crippen LogP contribution in [0, 0.1) is 0 Å². The molecule has 1 atom stereocenters. The van der Waals surface area contributed by atoms with Crippen molar-refractivity contribution in [3.05, 3.63) is 29.3 Å². The van der Waals surface area contributed by atoms with Gasteiger partial charge in [-0.15, -0.1) is 0 Å². The van der Waals surface area contributed by atoms with E-state index in [0.717, 1.165) is 6.42 Å². The predicted molar refractivity (Wildman–Crippen MR) is 75.1 cm³/mol. The smallest absolute Gasteiger partial charge is 0.247 e. The SMILES string of the molecule is CC[C@@H](C(=O)Nc1ccc(Cl)cc1)N1CCCC1=O. The molecule has 1 aromatic rings. The van der Waals surface area contributed by atoms with Gasteiger partial charge in [0.05, 0.1) is 0 Å². The van der Waals surface area contributed by atoms with Crippen LogP contribution in [0.15, 0.2) is 24.3 Å². The average Bonchev–Trinajstić information content (AvgIpc) is 2.80. The first-order valence-electron chi connectivity index (χ1n) is 6.47. The van der Waals surface area contributed by atoms with Gasteiger partial charge in [0.2, 0.25) is 11.8 Å². The highest BCUT2D eigenvalue weighted by Crippen LogP contribution is 2.18. The Morgan fingerprint density at radius 3 is 2.63 bits per heavy atom. The predicted octanol–water partition coefficient (Wildman–Crippen LogP) is 2.68. The third-order valence-electron chi connectivity index (χ3n) is 3.29. The molecule has 1 aromatic carbocycles. The lowest BCUT2D eigenvalue weighted by molar-refractivity contribution is -0.135. The fourth-order valence-electron chi connectivity index (χ4n) is 2.30. The molecule has 1 aliphatic heterocycles. The van der Waals surface area contributed by atoms with Crippen molar-refractivity contribution in [1.29, 1.82) is 0 Å². The summed E-state index contributed by atoms with van der Waals surface area (Å²) in [6.07, 6.45) is 2.00. The summed E-state index contributed by atoms with van der Waals surface area (Å²) in [5.74, 6) is -0.0711. The van der Waals surface area contributed by atoms with E-state index in [-0.39, 0.29) is 17.9 Å². The summed E-state index contributed by atoms with van der Waals surface area (Å²) < 4.78 is 0. The van der Waals surface area contributed by atoms with Crippen molar-refractivity contribution in [2.75, 3.05) is 11.9 Å². The molecule has 1 N–H and O–H groups in total. The van der Waals surface area contributed by atoms with Crippen molar-refractivity contribution in [1.82, 2.24) is 4.90 Å². The number of rotatable bonds is 4. The number of hydrogen-bond acceptors (Lipinski definition) is 2. The zero-order chi connectivity index (χ0) is 13.8. The molecule has 19 heavy (non-hydrogen) atoms. The van der Waals surface area contributed by atoms with E-state index in [1.807, 2.05) is 6.92 Å². The molecule has 0 spiro atoms. The van der Waals surface area contributed by atoms with Gasteiger partial charge in [0.15, 0.2) is 0 Å². The van der Waals surface area contributed by atoms with Crippen molar-refractivity contribution >= 4 is 29.1 Å². The minimum atomic E-state index is -0.384. The molecule has 2 rings (SSSR count). The van der Waals surface area contributed by atoms with Crippen LogP contribution in [0.5, 0.6) is 0 Å². The molecule has 0 unspecified atom stereocenters. The number of likely N-dealkylation sites (tertiary alicyclic amines) is 1. The van der Waals surface area contributed by atoms with Crippen LogP contribution in [-0.2, 0) is 9.59 Å². The van der Waals surface area contributed by atoms with E-state index in [0.29, 0.717) is 30.1 Å². The molecule has 1 heterocycles. The highest BCUT2D eigenvalue weighted by molar-refractivity contribution is 6.30. The standard InChI is InChI=1S/C14H17ClN2O2/c1-2-12(17-9-3-4-13(17)18)14(19)16-11-7-5-10(15)6-8-11/h5-8,12H,2-4,9H2,1H3,(H,16,19)/t12-/m0/s1. The number of amides is 2.